The number of nitrogens with zero attached hydrogens (tertiary/aromatic N) is 2. The van der Waals surface area contributed by atoms with E-state index in [0.717, 1.165) is 11.1 Å². The van der Waals surface area contributed by atoms with Crippen LogP contribution in [0.25, 0.3) is 0 Å². The summed E-state index contributed by atoms with van der Waals surface area (Å²) in [7, 11) is 0. The number of piperazine rings is 1. The fraction of sp³-hybridized carbons (Fsp3) is 0.208. The minimum absolute atomic E-state index is 0.00836. The Kier molecular flexibility index (Phi) is 6.38. The first kappa shape index (κ1) is 20.9. The zero-order valence-electron chi connectivity index (χ0n) is 16.3. The number of hydrogen-bond donors (Lipinski definition) is 0. The fourth-order valence-electron chi connectivity index (χ4n) is 3.89. The number of carbonyl (C=O) groups is 1. The molecular weight excluding hydrogens is 422 g/mol. The van der Waals surface area contributed by atoms with Gasteiger partial charge in [0.15, 0.2) is 0 Å². The zero-order chi connectivity index (χ0) is 21.1. The average molecular weight is 443 g/mol. The molecular formula is C24H21Cl2FN2O. The summed E-state index contributed by atoms with van der Waals surface area (Å²) < 4.78 is 13.5. The van der Waals surface area contributed by atoms with Gasteiger partial charge >= 0.3 is 0 Å². The summed E-state index contributed by atoms with van der Waals surface area (Å²) in [5.41, 5.74) is 2.72. The van der Waals surface area contributed by atoms with E-state index >= 15 is 0 Å². The first-order valence-corrected chi connectivity index (χ1v) is 10.6. The fourth-order valence-corrected chi connectivity index (χ4v) is 4.19. The minimum atomic E-state index is -0.248. The second-order valence-corrected chi connectivity index (χ2v) is 8.14. The molecule has 3 aromatic rings. The van der Waals surface area contributed by atoms with Crippen molar-refractivity contribution in [2.45, 2.75) is 6.04 Å². The van der Waals surface area contributed by atoms with Crippen LogP contribution in [0.1, 0.15) is 27.5 Å². The summed E-state index contributed by atoms with van der Waals surface area (Å²) in [5, 5.41) is 0.810. The summed E-state index contributed by atoms with van der Waals surface area (Å²) in [6.07, 6.45) is 0. The highest BCUT2D eigenvalue weighted by Gasteiger charge is 2.28. The molecule has 1 fully saturated rings. The molecule has 0 unspecified atom stereocenters. The summed E-state index contributed by atoms with van der Waals surface area (Å²) in [6, 6.07) is 21.8. The highest BCUT2D eigenvalue weighted by atomic mass is 35.5. The Morgan fingerprint density at radius 1 is 0.800 bits per heavy atom. The second kappa shape index (κ2) is 9.17. The molecule has 6 heteroatoms. The third-order valence-corrected chi connectivity index (χ3v) is 6.17. The predicted octanol–water partition coefficient (Wildman–Crippen LogP) is 5.68. The van der Waals surface area contributed by atoms with Gasteiger partial charge in [0, 0.05) is 31.7 Å². The number of benzene rings is 3. The maximum Gasteiger partial charge on any atom is 0.253 e. The molecule has 3 aromatic carbocycles. The highest BCUT2D eigenvalue weighted by molar-refractivity contribution is 6.42. The maximum atomic E-state index is 13.5. The molecule has 1 atom stereocenters. The third-order valence-electron chi connectivity index (χ3n) is 5.43. The molecule has 1 aliphatic heterocycles. The number of halogens is 3. The minimum Gasteiger partial charge on any atom is -0.336 e. The van der Waals surface area contributed by atoms with E-state index in [1.807, 2.05) is 35.2 Å². The molecule has 30 heavy (non-hydrogen) atoms. The van der Waals surface area contributed by atoms with Crippen LogP contribution in [-0.4, -0.2) is 41.9 Å². The normalized spacial score (nSPS) is 15.8. The molecule has 0 spiro atoms. The molecule has 1 amide bonds. The predicted molar refractivity (Wildman–Crippen MR) is 119 cm³/mol. The van der Waals surface area contributed by atoms with E-state index in [4.69, 9.17) is 23.2 Å². The molecule has 4 rings (SSSR count). The largest absolute Gasteiger partial charge is 0.336 e. The van der Waals surface area contributed by atoms with Gasteiger partial charge in [0.2, 0.25) is 0 Å². The van der Waals surface area contributed by atoms with Gasteiger partial charge in [-0.05, 0) is 41.5 Å². The highest BCUT2D eigenvalue weighted by Crippen LogP contribution is 2.30. The summed E-state index contributed by atoms with van der Waals surface area (Å²) in [6.45, 7) is 2.63. The van der Waals surface area contributed by atoms with E-state index in [2.05, 4.69) is 17.0 Å². The van der Waals surface area contributed by atoms with Gasteiger partial charge in [-0.1, -0.05) is 65.7 Å². The maximum absolute atomic E-state index is 13.5. The Labute approximate surface area is 185 Å². The van der Waals surface area contributed by atoms with Crippen LogP contribution in [0.4, 0.5) is 4.39 Å². The summed E-state index contributed by atoms with van der Waals surface area (Å²) in [4.78, 5) is 17.1. The molecule has 154 valence electrons. The van der Waals surface area contributed by atoms with E-state index in [1.54, 1.807) is 18.2 Å². The van der Waals surface area contributed by atoms with E-state index in [-0.39, 0.29) is 17.8 Å². The first-order chi connectivity index (χ1) is 14.5. The van der Waals surface area contributed by atoms with E-state index in [9.17, 15) is 9.18 Å². The Balaban J connectivity index is 1.52. The van der Waals surface area contributed by atoms with Crippen LogP contribution >= 0.6 is 23.2 Å². The molecule has 0 N–H and O–H groups in total. The monoisotopic (exact) mass is 442 g/mol. The van der Waals surface area contributed by atoms with E-state index in [1.165, 1.54) is 12.1 Å². The lowest BCUT2D eigenvalue weighted by atomic mass is 9.96. The van der Waals surface area contributed by atoms with Gasteiger partial charge in [-0.3, -0.25) is 9.69 Å². The van der Waals surface area contributed by atoms with Crippen LogP contribution in [0.5, 0.6) is 0 Å². The SMILES string of the molecule is O=C(c1ccc(Cl)c(Cl)c1)N1CCN([C@@H](c2ccccc2)c2ccc(F)cc2)CC1. The van der Waals surface area contributed by atoms with Crippen molar-refractivity contribution in [2.75, 3.05) is 26.2 Å². The Morgan fingerprint density at radius 3 is 2.07 bits per heavy atom. The molecule has 0 aliphatic carbocycles. The Hall–Kier alpha value is -2.40. The number of hydrogen-bond acceptors (Lipinski definition) is 2. The van der Waals surface area contributed by atoms with Crippen molar-refractivity contribution >= 4 is 29.1 Å². The second-order valence-electron chi connectivity index (χ2n) is 7.32. The first-order valence-electron chi connectivity index (χ1n) is 9.82. The number of rotatable bonds is 4. The molecule has 0 aromatic heterocycles. The van der Waals surface area contributed by atoms with Crippen molar-refractivity contribution in [1.29, 1.82) is 0 Å². The van der Waals surface area contributed by atoms with Gasteiger partial charge in [0.05, 0.1) is 16.1 Å². The van der Waals surface area contributed by atoms with E-state index in [0.29, 0.717) is 41.8 Å². The van der Waals surface area contributed by atoms with Crippen molar-refractivity contribution in [1.82, 2.24) is 9.80 Å². The summed E-state index contributed by atoms with van der Waals surface area (Å²) >= 11 is 12.0. The quantitative estimate of drug-likeness (QED) is 0.518. The molecule has 1 aliphatic rings. The molecule has 1 heterocycles. The number of carbonyl (C=O) groups excluding carboxylic acids is 1. The molecule has 3 nitrogen and oxygen atoms in total. The van der Waals surface area contributed by atoms with E-state index < -0.39 is 0 Å². The van der Waals surface area contributed by atoms with Gasteiger partial charge in [-0.25, -0.2) is 4.39 Å². The van der Waals surface area contributed by atoms with Crippen LogP contribution in [0.3, 0.4) is 0 Å². The van der Waals surface area contributed by atoms with Gasteiger partial charge in [0.25, 0.3) is 5.91 Å². The average Bonchev–Trinajstić information content (AvgIpc) is 2.78. The zero-order valence-corrected chi connectivity index (χ0v) is 17.8. The van der Waals surface area contributed by atoms with Gasteiger partial charge in [-0.15, -0.1) is 0 Å². The van der Waals surface area contributed by atoms with Crippen LogP contribution < -0.4 is 0 Å². The molecule has 0 saturated carbocycles. The van der Waals surface area contributed by atoms with Gasteiger partial charge in [-0.2, -0.15) is 0 Å². The lowest BCUT2D eigenvalue weighted by Crippen LogP contribution is -2.49. The molecule has 0 radical (unpaired) electrons. The number of amides is 1. The van der Waals surface area contributed by atoms with Crippen molar-refractivity contribution < 1.29 is 9.18 Å². The van der Waals surface area contributed by atoms with Crippen molar-refractivity contribution in [3.05, 3.63) is 105 Å². The standard InChI is InChI=1S/C24H21Cl2FN2O/c25-21-11-8-19(16-22(21)26)24(30)29-14-12-28(13-15-29)23(17-4-2-1-3-5-17)18-6-9-20(27)10-7-18/h1-11,16,23H,12-15H2/t23-/m0/s1. The van der Waals surface area contributed by atoms with Crippen molar-refractivity contribution in [3.63, 3.8) is 0 Å². The van der Waals surface area contributed by atoms with Crippen molar-refractivity contribution in [2.24, 2.45) is 0 Å². The summed E-state index contributed by atoms with van der Waals surface area (Å²) in [5.74, 6) is -0.297. The van der Waals surface area contributed by atoms with Crippen LogP contribution in [-0.2, 0) is 0 Å². The Morgan fingerprint density at radius 2 is 1.43 bits per heavy atom. The molecule has 0 bridgehead atoms. The van der Waals surface area contributed by atoms with Gasteiger partial charge < -0.3 is 4.90 Å². The molecule has 1 saturated heterocycles. The van der Waals surface area contributed by atoms with Gasteiger partial charge in [0.1, 0.15) is 5.82 Å². The smallest absolute Gasteiger partial charge is 0.253 e. The third kappa shape index (κ3) is 4.51. The Bertz CT molecular complexity index is 1020. The van der Waals surface area contributed by atoms with Crippen molar-refractivity contribution in [3.8, 4) is 0 Å². The van der Waals surface area contributed by atoms with Crippen LogP contribution in [0.2, 0.25) is 10.0 Å². The topological polar surface area (TPSA) is 23.6 Å². The van der Waals surface area contributed by atoms with Crippen LogP contribution in [0, 0.1) is 5.82 Å². The lowest BCUT2D eigenvalue weighted by molar-refractivity contribution is 0.0597. The van der Waals surface area contributed by atoms with Crippen LogP contribution in [0.15, 0.2) is 72.8 Å². The lowest BCUT2D eigenvalue weighted by Gasteiger charge is -2.39.